The van der Waals surface area contributed by atoms with Gasteiger partial charge in [-0.2, -0.15) is 0 Å². The summed E-state index contributed by atoms with van der Waals surface area (Å²) < 4.78 is 6.27. The Kier molecular flexibility index (Phi) is 11.2. The van der Waals surface area contributed by atoms with E-state index >= 15 is 0 Å². The minimum absolute atomic E-state index is 0.696. The lowest BCUT2D eigenvalue weighted by molar-refractivity contribution is 0.310. The average Bonchev–Trinajstić information content (AvgIpc) is 3.08. The number of hydrogen-bond donors (Lipinski definition) is 0. The first-order valence-corrected chi connectivity index (χ1v) is 15.3. The molecule has 0 bridgehead atoms. The van der Waals surface area contributed by atoms with Gasteiger partial charge in [0.25, 0.3) is 0 Å². The first kappa shape index (κ1) is 30.1. The van der Waals surface area contributed by atoms with Crippen molar-refractivity contribution >= 4 is 41.4 Å². The number of unbranched alkanes of at least 4 members (excludes halogenated alkanes) is 1. The average molecular weight is 574 g/mol. The third-order valence-corrected chi connectivity index (χ3v) is 7.14. The van der Waals surface area contributed by atoms with Gasteiger partial charge in [0.1, 0.15) is 5.75 Å². The molecule has 0 saturated carbocycles. The molecule has 0 atom stereocenters. The Hall–Kier alpha value is -5.34. The maximum absolute atomic E-state index is 6.27. The Morgan fingerprint density at radius 2 is 0.886 bits per heavy atom. The molecule has 0 N–H and O–H groups in total. The largest absolute Gasteiger partial charge is 0.491 e. The van der Waals surface area contributed by atoms with Crippen molar-refractivity contribution < 1.29 is 4.74 Å². The van der Waals surface area contributed by atoms with Crippen molar-refractivity contribution in [1.29, 1.82) is 0 Å². The molecule has 2 heteroatoms. The molecule has 0 aliphatic carbocycles. The predicted octanol–water partition coefficient (Wildman–Crippen LogP) is 11.8. The number of allylic oxidation sites excluding steroid dienone is 4. The van der Waals surface area contributed by atoms with Gasteiger partial charge in [-0.3, -0.25) is 0 Å². The number of rotatable bonds is 13. The molecule has 0 unspecified atom stereocenters. The molecule has 5 aromatic carbocycles. The van der Waals surface area contributed by atoms with Gasteiger partial charge in [-0.25, -0.2) is 0 Å². The lowest BCUT2D eigenvalue weighted by Gasteiger charge is -2.27. The molecule has 5 rings (SSSR count). The fraction of sp³-hybridized carbons (Fsp3) is 0.0952. The number of hydrogen-bond acceptors (Lipinski definition) is 2. The van der Waals surface area contributed by atoms with Gasteiger partial charge in [0.05, 0.1) is 12.3 Å². The smallest absolute Gasteiger partial charge is 0.143 e. The monoisotopic (exact) mass is 573 g/mol. The molecule has 0 fully saturated rings. The number of benzene rings is 5. The van der Waals surface area contributed by atoms with Gasteiger partial charge in [0, 0.05) is 11.4 Å². The van der Waals surface area contributed by atoms with Crippen LogP contribution in [-0.2, 0) is 0 Å². The molecule has 0 amide bonds. The second-order valence-electron chi connectivity index (χ2n) is 10.4. The summed E-state index contributed by atoms with van der Waals surface area (Å²) in [6.45, 7) is 2.88. The second-order valence-corrected chi connectivity index (χ2v) is 10.4. The first-order chi connectivity index (χ1) is 21.8. The Bertz CT molecular complexity index is 1580. The van der Waals surface area contributed by atoms with Gasteiger partial charge in [-0.15, -0.1) is 0 Å². The van der Waals surface area contributed by atoms with Crippen LogP contribution in [0.15, 0.2) is 158 Å². The quantitative estimate of drug-likeness (QED) is 0.103. The molecule has 0 spiro atoms. The van der Waals surface area contributed by atoms with Gasteiger partial charge in [0.2, 0.25) is 0 Å². The summed E-state index contributed by atoms with van der Waals surface area (Å²) in [5.74, 6) is 0.881. The molecule has 44 heavy (non-hydrogen) atoms. The minimum Gasteiger partial charge on any atom is -0.491 e. The van der Waals surface area contributed by atoms with Gasteiger partial charge < -0.3 is 9.64 Å². The minimum atomic E-state index is 0.696. The summed E-state index contributed by atoms with van der Waals surface area (Å²) in [5, 5.41) is 0. The van der Waals surface area contributed by atoms with E-state index in [0.29, 0.717) is 6.61 Å². The van der Waals surface area contributed by atoms with Crippen LogP contribution in [-0.4, -0.2) is 6.61 Å². The molecule has 0 aliphatic heterocycles. The third kappa shape index (κ3) is 8.83. The molecule has 5 aromatic rings. The van der Waals surface area contributed by atoms with E-state index in [1.54, 1.807) is 0 Å². The van der Waals surface area contributed by atoms with E-state index in [1.807, 2.05) is 18.2 Å². The number of para-hydroxylation sites is 2. The standard InChI is InChI=1S/C42H39NO/c1-2-3-34-44-42-25-15-14-24-41(42)43(39-30-26-37(27-31-39)22-12-10-20-35-16-6-4-7-17-35)40-32-28-38(29-33-40)23-13-11-21-36-18-8-5-9-19-36/h4-33H,2-3,34H2,1H3/b20-10+,21-11+,22-12+,23-13+. The summed E-state index contributed by atoms with van der Waals surface area (Å²) >= 11 is 0. The van der Waals surface area contributed by atoms with E-state index in [9.17, 15) is 0 Å². The van der Waals surface area contributed by atoms with Gasteiger partial charge in [-0.05, 0) is 65.1 Å². The fourth-order valence-electron chi connectivity index (χ4n) is 4.78. The highest BCUT2D eigenvalue weighted by atomic mass is 16.5. The van der Waals surface area contributed by atoms with E-state index < -0.39 is 0 Å². The van der Waals surface area contributed by atoms with Crippen LogP contribution in [0.5, 0.6) is 5.75 Å². The summed E-state index contributed by atoms with van der Waals surface area (Å²) in [5.41, 5.74) is 7.82. The van der Waals surface area contributed by atoms with Crippen molar-refractivity contribution in [1.82, 2.24) is 0 Å². The zero-order valence-corrected chi connectivity index (χ0v) is 25.3. The lowest BCUT2D eigenvalue weighted by atomic mass is 10.1. The lowest BCUT2D eigenvalue weighted by Crippen LogP contribution is -2.12. The van der Waals surface area contributed by atoms with Crippen LogP contribution in [0.3, 0.4) is 0 Å². The summed E-state index contributed by atoms with van der Waals surface area (Å²) in [6, 6.07) is 46.3. The van der Waals surface area contributed by atoms with Crippen LogP contribution in [0, 0.1) is 0 Å². The highest BCUT2D eigenvalue weighted by Gasteiger charge is 2.16. The Morgan fingerprint density at radius 1 is 0.477 bits per heavy atom. The Morgan fingerprint density at radius 3 is 1.34 bits per heavy atom. The van der Waals surface area contributed by atoms with Crippen molar-refractivity contribution in [2.75, 3.05) is 11.5 Å². The first-order valence-electron chi connectivity index (χ1n) is 15.3. The van der Waals surface area contributed by atoms with E-state index in [4.69, 9.17) is 4.74 Å². The maximum Gasteiger partial charge on any atom is 0.143 e. The second kappa shape index (κ2) is 16.3. The summed E-state index contributed by atoms with van der Waals surface area (Å²) in [4.78, 5) is 2.27. The number of ether oxygens (including phenoxy) is 1. The summed E-state index contributed by atoms with van der Waals surface area (Å²) in [6.07, 6.45) is 18.9. The van der Waals surface area contributed by atoms with Crippen molar-refractivity contribution in [3.63, 3.8) is 0 Å². The maximum atomic E-state index is 6.27. The predicted molar refractivity (Wildman–Crippen MR) is 191 cm³/mol. The van der Waals surface area contributed by atoms with Crippen LogP contribution >= 0.6 is 0 Å². The number of anilines is 3. The van der Waals surface area contributed by atoms with E-state index in [2.05, 4.69) is 176 Å². The molecular weight excluding hydrogens is 534 g/mol. The van der Waals surface area contributed by atoms with Crippen molar-refractivity contribution in [2.45, 2.75) is 19.8 Å². The summed E-state index contributed by atoms with van der Waals surface area (Å²) in [7, 11) is 0. The Balaban J connectivity index is 1.38. The highest BCUT2D eigenvalue weighted by molar-refractivity contribution is 5.81. The van der Waals surface area contributed by atoms with Crippen LogP contribution in [0.2, 0.25) is 0 Å². The van der Waals surface area contributed by atoms with Crippen LogP contribution in [0.25, 0.3) is 24.3 Å². The molecular formula is C42H39NO. The fourth-order valence-corrected chi connectivity index (χ4v) is 4.78. The Labute approximate surface area is 262 Å². The van der Waals surface area contributed by atoms with Crippen LogP contribution in [0.1, 0.15) is 42.0 Å². The van der Waals surface area contributed by atoms with Crippen molar-refractivity contribution in [3.05, 3.63) is 180 Å². The van der Waals surface area contributed by atoms with E-state index in [1.165, 1.54) is 11.1 Å². The molecule has 0 saturated heterocycles. The zero-order valence-electron chi connectivity index (χ0n) is 25.3. The van der Waals surface area contributed by atoms with E-state index in [0.717, 1.165) is 46.8 Å². The molecule has 0 aliphatic rings. The van der Waals surface area contributed by atoms with Crippen LogP contribution in [0.4, 0.5) is 17.1 Å². The molecule has 2 nitrogen and oxygen atoms in total. The normalized spacial score (nSPS) is 11.7. The SMILES string of the molecule is CCCCOc1ccccc1N(c1ccc(/C=C/C=C/c2ccccc2)cc1)c1ccc(/C=C/C=C/c2ccccc2)cc1. The zero-order chi connectivity index (χ0) is 30.2. The van der Waals surface area contributed by atoms with Crippen molar-refractivity contribution in [3.8, 4) is 5.75 Å². The molecule has 218 valence electrons. The van der Waals surface area contributed by atoms with Gasteiger partial charge in [-0.1, -0.05) is 159 Å². The molecule has 0 heterocycles. The molecule has 0 aromatic heterocycles. The highest BCUT2D eigenvalue weighted by Crippen LogP contribution is 2.40. The third-order valence-electron chi connectivity index (χ3n) is 7.14. The topological polar surface area (TPSA) is 12.5 Å². The van der Waals surface area contributed by atoms with E-state index in [-0.39, 0.29) is 0 Å². The molecule has 0 radical (unpaired) electrons. The van der Waals surface area contributed by atoms with Crippen LogP contribution < -0.4 is 9.64 Å². The van der Waals surface area contributed by atoms with Crippen molar-refractivity contribution in [2.24, 2.45) is 0 Å². The van der Waals surface area contributed by atoms with Gasteiger partial charge in [0.15, 0.2) is 0 Å². The van der Waals surface area contributed by atoms with Gasteiger partial charge >= 0.3 is 0 Å². The number of nitrogens with zero attached hydrogens (tertiary/aromatic N) is 1.